The van der Waals surface area contributed by atoms with Crippen molar-refractivity contribution in [3.8, 4) is 0 Å². The number of aliphatic carboxylic acids is 1. The second-order valence-electron chi connectivity index (χ2n) is 8.24. The monoisotopic (exact) mass is 398 g/mol. The van der Waals surface area contributed by atoms with Crippen molar-refractivity contribution in [1.29, 1.82) is 0 Å². The average molecular weight is 399 g/mol. The molecule has 0 aromatic carbocycles. The Morgan fingerprint density at radius 2 is 1.68 bits per heavy atom. The Bertz CT molecular complexity index is 591. The number of carbonyl (C=O) groups is 4. The Kier molecular flexibility index (Phi) is 8.87. The average Bonchev–Trinajstić information content (AvgIpc) is 3.07. The van der Waals surface area contributed by atoms with Crippen LogP contribution < -0.4 is 16.4 Å². The van der Waals surface area contributed by atoms with Crippen LogP contribution in [0.5, 0.6) is 0 Å². The van der Waals surface area contributed by atoms with Crippen molar-refractivity contribution < 1.29 is 24.3 Å². The van der Waals surface area contributed by atoms with Gasteiger partial charge in [0.25, 0.3) is 0 Å². The highest BCUT2D eigenvalue weighted by Crippen LogP contribution is 2.20. The molecule has 5 N–H and O–H groups in total. The van der Waals surface area contributed by atoms with E-state index >= 15 is 0 Å². The van der Waals surface area contributed by atoms with E-state index in [1.54, 1.807) is 13.8 Å². The van der Waals surface area contributed by atoms with E-state index in [0.29, 0.717) is 25.8 Å². The molecule has 1 aliphatic rings. The minimum atomic E-state index is -1.04. The maximum absolute atomic E-state index is 13.0. The quantitative estimate of drug-likeness (QED) is 0.433. The van der Waals surface area contributed by atoms with Crippen LogP contribution in [0.2, 0.25) is 0 Å². The molecule has 0 saturated carbocycles. The molecule has 1 fully saturated rings. The van der Waals surface area contributed by atoms with Gasteiger partial charge < -0.3 is 26.4 Å². The van der Waals surface area contributed by atoms with Crippen LogP contribution in [-0.2, 0) is 19.2 Å². The van der Waals surface area contributed by atoms with Crippen LogP contribution in [-0.4, -0.2) is 64.4 Å². The summed E-state index contributed by atoms with van der Waals surface area (Å²) in [7, 11) is 0. The van der Waals surface area contributed by atoms with E-state index in [2.05, 4.69) is 10.6 Å². The first kappa shape index (κ1) is 23.9. The summed E-state index contributed by atoms with van der Waals surface area (Å²) in [6, 6.07) is -3.31. The van der Waals surface area contributed by atoms with Gasteiger partial charge in [-0.1, -0.05) is 27.7 Å². The minimum absolute atomic E-state index is 0.108. The Labute approximate surface area is 166 Å². The highest BCUT2D eigenvalue weighted by molar-refractivity contribution is 5.94. The van der Waals surface area contributed by atoms with Crippen LogP contribution in [0.1, 0.15) is 53.9 Å². The van der Waals surface area contributed by atoms with Crippen molar-refractivity contribution >= 4 is 23.7 Å². The number of likely N-dealkylation sites (tertiary alicyclic amines) is 1. The van der Waals surface area contributed by atoms with Crippen LogP contribution >= 0.6 is 0 Å². The third-order valence-corrected chi connectivity index (χ3v) is 4.80. The van der Waals surface area contributed by atoms with E-state index < -0.39 is 47.9 Å². The summed E-state index contributed by atoms with van der Waals surface area (Å²) >= 11 is 0. The van der Waals surface area contributed by atoms with Gasteiger partial charge in [-0.15, -0.1) is 0 Å². The van der Waals surface area contributed by atoms with Crippen molar-refractivity contribution in [1.82, 2.24) is 15.5 Å². The van der Waals surface area contributed by atoms with Crippen molar-refractivity contribution in [2.45, 2.75) is 78.0 Å². The molecule has 4 unspecified atom stereocenters. The summed E-state index contributed by atoms with van der Waals surface area (Å²) in [6.45, 7) is 9.29. The number of amides is 3. The number of nitrogens with two attached hydrogens (primary N) is 1. The SMILES string of the molecule is CC(C)CC(NC(=O)C(NC(=O)C(C)N)C(C)C)C(=O)N1CCCC1C(=O)O. The molecule has 9 nitrogen and oxygen atoms in total. The predicted molar refractivity (Wildman–Crippen MR) is 104 cm³/mol. The fourth-order valence-electron chi connectivity index (χ4n) is 3.26. The number of rotatable bonds is 9. The van der Waals surface area contributed by atoms with Gasteiger partial charge in [-0.25, -0.2) is 4.79 Å². The molecule has 0 spiro atoms. The molecular formula is C19H34N4O5. The van der Waals surface area contributed by atoms with Crippen molar-refractivity contribution in [2.24, 2.45) is 17.6 Å². The van der Waals surface area contributed by atoms with Crippen molar-refractivity contribution in [3.05, 3.63) is 0 Å². The molecule has 0 aromatic rings. The molecule has 0 bridgehead atoms. The van der Waals surface area contributed by atoms with E-state index in [1.165, 1.54) is 11.8 Å². The molecule has 1 heterocycles. The number of nitrogens with zero attached hydrogens (tertiary/aromatic N) is 1. The topological polar surface area (TPSA) is 142 Å². The third kappa shape index (κ3) is 6.47. The van der Waals surface area contributed by atoms with Crippen LogP contribution in [0.25, 0.3) is 0 Å². The highest BCUT2D eigenvalue weighted by Gasteiger charge is 2.38. The van der Waals surface area contributed by atoms with Crippen molar-refractivity contribution in [2.75, 3.05) is 6.54 Å². The van der Waals surface area contributed by atoms with Crippen molar-refractivity contribution in [3.63, 3.8) is 0 Å². The normalized spacial score (nSPS) is 20.0. The summed E-state index contributed by atoms with van der Waals surface area (Å²) < 4.78 is 0. The molecule has 0 aliphatic carbocycles. The number of carbonyl (C=O) groups excluding carboxylic acids is 3. The van der Waals surface area contributed by atoms with Gasteiger partial charge in [0.05, 0.1) is 6.04 Å². The number of carboxylic acid groups (broad SMARTS) is 1. The lowest BCUT2D eigenvalue weighted by Gasteiger charge is -2.30. The zero-order chi connectivity index (χ0) is 21.6. The van der Waals surface area contributed by atoms with Gasteiger partial charge in [0.2, 0.25) is 17.7 Å². The molecule has 1 rings (SSSR count). The zero-order valence-electron chi connectivity index (χ0n) is 17.4. The molecule has 9 heteroatoms. The molecule has 3 amide bonds. The van der Waals surface area contributed by atoms with E-state index in [0.717, 1.165) is 0 Å². The number of carboxylic acids is 1. The molecule has 0 aromatic heterocycles. The Balaban J connectivity index is 2.97. The maximum atomic E-state index is 13.0. The minimum Gasteiger partial charge on any atom is -0.480 e. The van der Waals surface area contributed by atoms with Gasteiger partial charge in [-0.3, -0.25) is 14.4 Å². The van der Waals surface area contributed by atoms with Gasteiger partial charge in [-0.2, -0.15) is 0 Å². The molecule has 1 saturated heterocycles. The predicted octanol–water partition coefficient (Wildman–Crippen LogP) is 0.0809. The standard InChI is InChI=1S/C19H34N4O5/c1-10(2)9-13(18(26)23-8-6-7-14(23)19(27)28)21-17(25)15(11(3)4)22-16(24)12(5)20/h10-15H,6-9,20H2,1-5H3,(H,21,25)(H,22,24)(H,27,28). The Morgan fingerprint density at radius 1 is 1.07 bits per heavy atom. The van der Waals surface area contributed by atoms with Crippen LogP contribution in [0, 0.1) is 11.8 Å². The summed E-state index contributed by atoms with van der Waals surface area (Å²) in [5.41, 5.74) is 5.57. The molecule has 160 valence electrons. The van der Waals surface area contributed by atoms with Crippen LogP contribution in [0.3, 0.4) is 0 Å². The van der Waals surface area contributed by atoms with Crippen LogP contribution in [0.15, 0.2) is 0 Å². The zero-order valence-corrected chi connectivity index (χ0v) is 17.4. The summed E-state index contributed by atoms with van der Waals surface area (Å²) in [4.78, 5) is 50.5. The molecule has 4 atom stereocenters. The first-order chi connectivity index (χ1) is 13.0. The first-order valence-electron chi connectivity index (χ1n) is 9.85. The summed E-state index contributed by atoms with van der Waals surface area (Å²) in [5.74, 6) is -2.47. The second-order valence-corrected chi connectivity index (χ2v) is 8.24. The van der Waals surface area contributed by atoms with E-state index in [1.807, 2.05) is 13.8 Å². The number of hydrogen-bond acceptors (Lipinski definition) is 5. The maximum Gasteiger partial charge on any atom is 0.326 e. The van der Waals surface area contributed by atoms with Crippen LogP contribution in [0.4, 0.5) is 0 Å². The second kappa shape index (κ2) is 10.4. The molecule has 0 radical (unpaired) electrons. The summed E-state index contributed by atoms with van der Waals surface area (Å²) in [5, 5.41) is 14.7. The Morgan fingerprint density at radius 3 is 2.14 bits per heavy atom. The van der Waals surface area contributed by atoms with Gasteiger partial charge in [-0.05, 0) is 38.0 Å². The molecular weight excluding hydrogens is 364 g/mol. The van der Waals surface area contributed by atoms with Gasteiger partial charge in [0.1, 0.15) is 18.1 Å². The van der Waals surface area contributed by atoms with E-state index in [9.17, 15) is 24.3 Å². The van der Waals surface area contributed by atoms with Gasteiger partial charge >= 0.3 is 5.97 Å². The summed E-state index contributed by atoms with van der Waals surface area (Å²) in [6.07, 6.45) is 1.39. The van der Waals surface area contributed by atoms with E-state index in [-0.39, 0.29) is 11.8 Å². The lowest BCUT2D eigenvalue weighted by atomic mass is 9.99. The van der Waals surface area contributed by atoms with Gasteiger partial charge in [0.15, 0.2) is 0 Å². The molecule has 28 heavy (non-hydrogen) atoms. The Hall–Kier alpha value is -2.16. The lowest BCUT2D eigenvalue weighted by Crippen LogP contribution is -2.58. The number of nitrogens with one attached hydrogen (secondary N) is 2. The molecule has 1 aliphatic heterocycles. The first-order valence-corrected chi connectivity index (χ1v) is 9.85. The highest BCUT2D eigenvalue weighted by atomic mass is 16.4. The number of hydrogen-bond donors (Lipinski definition) is 4. The fraction of sp³-hybridized carbons (Fsp3) is 0.789. The fourth-order valence-corrected chi connectivity index (χ4v) is 3.26. The van der Waals surface area contributed by atoms with E-state index in [4.69, 9.17) is 5.73 Å². The largest absolute Gasteiger partial charge is 0.480 e. The lowest BCUT2D eigenvalue weighted by molar-refractivity contribution is -0.149. The third-order valence-electron chi connectivity index (χ3n) is 4.80. The van der Waals surface area contributed by atoms with Gasteiger partial charge in [0, 0.05) is 6.54 Å². The smallest absolute Gasteiger partial charge is 0.326 e.